The highest BCUT2D eigenvalue weighted by Crippen LogP contribution is 2.17. The van der Waals surface area contributed by atoms with Gasteiger partial charge in [0.15, 0.2) is 0 Å². The molecule has 1 rings (SSSR count). The van der Waals surface area contributed by atoms with Gasteiger partial charge in [-0.25, -0.2) is 8.84 Å². The van der Waals surface area contributed by atoms with E-state index in [-0.39, 0.29) is 0 Å². The molecule has 0 N–H and O–H groups in total. The lowest BCUT2D eigenvalue weighted by Gasteiger charge is -2.36. The molecular weight excluding hydrogens is 171 g/mol. The van der Waals surface area contributed by atoms with E-state index < -0.39 is 0 Å². The summed E-state index contributed by atoms with van der Waals surface area (Å²) in [5.74, 6) is 0. The summed E-state index contributed by atoms with van der Waals surface area (Å²) in [6.45, 7) is 5.81. The summed E-state index contributed by atoms with van der Waals surface area (Å²) in [5.41, 5.74) is 0. The molecule has 0 saturated carbocycles. The summed E-state index contributed by atoms with van der Waals surface area (Å²) in [4.78, 5) is 0. The van der Waals surface area contributed by atoms with Gasteiger partial charge in [0, 0.05) is 25.2 Å². The molecular formula is C6H12Cl2N2. The lowest BCUT2D eigenvalue weighted by atomic mass is 10.2. The fraction of sp³-hybridized carbons (Fsp3) is 1.00. The van der Waals surface area contributed by atoms with Crippen LogP contribution in [0, 0.1) is 0 Å². The molecule has 1 fully saturated rings. The Morgan fingerprint density at radius 2 is 1.30 bits per heavy atom. The molecule has 0 aliphatic carbocycles. The lowest BCUT2D eigenvalue weighted by Crippen LogP contribution is -2.48. The van der Waals surface area contributed by atoms with Crippen molar-refractivity contribution in [2.24, 2.45) is 0 Å². The average molecular weight is 183 g/mol. The van der Waals surface area contributed by atoms with Gasteiger partial charge in [-0.2, -0.15) is 0 Å². The number of nitrogens with zero attached hydrogens (tertiary/aromatic N) is 2. The molecule has 1 aliphatic rings. The zero-order chi connectivity index (χ0) is 7.72. The van der Waals surface area contributed by atoms with Gasteiger partial charge >= 0.3 is 0 Å². The van der Waals surface area contributed by atoms with Crippen molar-refractivity contribution < 1.29 is 0 Å². The standard InChI is InChI=1S/C6H12Cl2N2/c1-5-3-10(8)6(2)4-9(5)7/h5-6H,3-4H2,1-2H3/t5-,6-/m0/s1. The van der Waals surface area contributed by atoms with Crippen LogP contribution in [-0.2, 0) is 0 Å². The molecule has 0 aromatic heterocycles. The largest absolute Gasteiger partial charge is 0.214 e. The Bertz CT molecular complexity index is 94.3. The van der Waals surface area contributed by atoms with Gasteiger partial charge in [0.2, 0.25) is 0 Å². The third kappa shape index (κ3) is 1.76. The molecule has 0 spiro atoms. The van der Waals surface area contributed by atoms with Crippen molar-refractivity contribution in [3.05, 3.63) is 0 Å². The Kier molecular flexibility index (Phi) is 2.81. The molecule has 2 nitrogen and oxygen atoms in total. The molecule has 0 bridgehead atoms. The van der Waals surface area contributed by atoms with Gasteiger partial charge in [0.1, 0.15) is 0 Å². The van der Waals surface area contributed by atoms with Gasteiger partial charge in [-0.05, 0) is 37.4 Å². The zero-order valence-corrected chi connectivity index (χ0v) is 7.73. The van der Waals surface area contributed by atoms with E-state index >= 15 is 0 Å². The summed E-state index contributed by atoms with van der Waals surface area (Å²) in [6.07, 6.45) is 0. The van der Waals surface area contributed by atoms with Gasteiger partial charge < -0.3 is 0 Å². The van der Waals surface area contributed by atoms with Gasteiger partial charge in [-0.15, -0.1) is 0 Å². The van der Waals surface area contributed by atoms with Crippen molar-refractivity contribution in [1.82, 2.24) is 8.84 Å². The number of piperazine rings is 1. The molecule has 4 heteroatoms. The van der Waals surface area contributed by atoms with Gasteiger partial charge in [0.25, 0.3) is 0 Å². The molecule has 1 aliphatic heterocycles. The van der Waals surface area contributed by atoms with E-state index in [2.05, 4.69) is 13.8 Å². The van der Waals surface area contributed by atoms with E-state index in [0.29, 0.717) is 12.1 Å². The predicted octanol–water partition coefficient (Wildman–Crippen LogP) is 1.69. The first kappa shape index (κ1) is 8.60. The second kappa shape index (κ2) is 3.26. The molecule has 0 unspecified atom stereocenters. The number of halogens is 2. The number of hydrogen-bond acceptors (Lipinski definition) is 2. The Hall–Kier alpha value is 0.500. The first-order valence-electron chi connectivity index (χ1n) is 3.46. The minimum absolute atomic E-state index is 0.357. The molecule has 1 saturated heterocycles. The van der Waals surface area contributed by atoms with Crippen LogP contribution in [-0.4, -0.2) is 34.0 Å². The van der Waals surface area contributed by atoms with Crippen LogP contribution in [0.3, 0.4) is 0 Å². The van der Waals surface area contributed by atoms with E-state index in [4.69, 9.17) is 23.6 Å². The monoisotopic (exact) mass is 182 g/mol. The minimum atomic E-state index is 0.357. The maximum atomic E-state index is 5.88. The number of hydrogen-bond donors (Lipinski definition) is 0. The highest BCUT2D eigenvalue weighted by Gasteiger charge is 2.26. The second-order valence-electron chi connectivity index (χ2n) is 2.86. The van der Waals surface area contributed by atoms with Crippen molar-refractivity contribution in [3.8, 4) is 0 Å². The van der Waals surface area contributed by atoms with Crippen LogP contribution in [0.25, 0.3) is 0 Å². The average Bonchev–Trinajstić information content (AvgIpc) is 1.84. The van der Waals surface area contributed by atoms with Gasteiger partial charge in [0.05, 0.1) is 0 Å². The summed E-state index contributed by atoms with van der Waals surface area (Å²) in [5, 5.41) is 0. The van der Waals surface area contributed by atoms with Crippen molar-refractivity contribution in [1.29, 1.82) is 0 Å². The van der Waals surface area contributed by atoms with Gasteiger partial charge in [-0.1, -0.05) is 0 Å². The molecule has 2 atom stereocenters. The Morgan fingerprint density at radius 1 is 1.00 bits per heavy atom. The summed E-state index contributed by atoms with van der Waals surface area (Å²) in [6, 6.07) is 0.714. The molecule has 1 heterocycles. The Morgan fingerprint density at radius 3 is 1.60 bits per heavy atom. The van der Waals surface area contributed by atoms with Crippen molar-refractivity contribution in [2.45, 2.75) is 25.9 Å². The highest BCUT2D eigenvalue weighted by atomic mass is 35.5. The van der Waals surface area contributed by atoms with Crippen LogP contribution in [0.15, 0.2) is 0 Å². The van der Waals surface area contributed by atoms with Crippen molar-refractivity contribution >= 4 is 23.6 Å². The van der Waals surface area contributed by atoms with E-state index in [1.54, 1.807) is 0 Å². The molecule has 0 radical (unpaired) electrons. The first-order valence-corrected chi connectivity index (χ1v) is 4.13. The van der Waals surface area contributed by atoms with Crippen LogP contribution in [0.1, 0.15) is 13.8 Å². The Balaban J connectivity index is 2.46. The van der Waals surface area contributed by atoms with Crippen molar-refractivity contribution in [3.63, 3.8) is 0 Å². The third-order valence-electron chi connectivity index (χ3n) is 1.83. The molecule has 0 amide bonds. The second-order valence-corrected chi connectivity index (χ2v) is 3.73. The van der Waals surface area contributed by atoms with Gasteiger partial charge in [-0.3, -0.25) is 0 Å². The first-order chi connectivity index (χ1) is 4.61. The topological polar surface area (TPSA) is 6.48 Å². The van der Waals surface area contributed by atoms with Crippen LogP contribution in [0.4, 0.5) is 0 Å². The summed E-state index contributed by atoms with van der Waals surface area (Å²) < 4.78 is 3.62. The van der Waals surface area contributed by atoms with Crippen LogP contribution >= 0.6 is 23.6 Å². The van der Waals surface area contributed by atoms with Crippen LogP contribution in [0.2, 0.25) is 0 Å². The smallest absolute Gasteiger partial charge is 0.0364 e. The molecule has 60 valence electrons. The quantitative estimate of drug-likeness (QED) is 0.527. The zero-order valence-electron chi connectivity index (χ0n) is 6.22. The predicted molar refractivity (Wildman–Crippen MR) is 44.0 cm³/mol. The fourth-order valence-corrected chi connectivity index (χ4v) is 1.56. The van der Waals surface area contributed by atoms with E-state index in [1.165, 1.54) is 0 Å². The number of rotatable bonds is 0. The minimum Gasteiger partial charge on any atom is -0.214 e. The fourth-order valence-electron chi connectivity index (χ4n) is 1.04. The van der Waals surface area contributed by atoms with Crippen LogP contribution in [0.5, 0.6) is 0 Å². The van der Waals surface area contributed by atoms with Crippen LogP contribution < -0.4 is 0 Å². The van der Waals surface area contributed by atoms with E-state index in [1.807, 2.05) is 8.84 Å². The SMILES string of the molecule is C[C@H]1CN(Cl)[C@@H](C)CN1Cl. The maximum Gasteiger partial charge on any atom is 0.0364 e. The highest BCUT2D eigenvalue weighted by molar-refractivity contribution is 6.15. The summed E-state index contributed by atoms with van der Waals surface area (Å²) in [7, 11) is 0. The lowest BCUT2D eigenvalue weighted by molar-refractivity contribution is 0.173. The Labute approximate surface area is 71.9 Å². The van der Waals surface area contributed by atoms with E-state index in [0.717, 1.165) is 13.1 Å². The van der Waals surface area contributed by atoms with Crippen molar-refractivity contribution in [2.75, 3.05) is 13.1 Å². The normalized spacial score (nSPS) is 38.4. The molecule has 0 aromatic rings. The summed E-state index contributed by atoms with van der Waals surface area (Å²) >= 11 is 11.8. The van der Waals surface area contributed by atoms with E-state index in [9.17, 15) is 0 Å². The maximum absolute atomic E-state index is 5.88. The third-order valence-corrected chi connectivity index (χ3v) is 2.78. The molecule has 0 aromatic carbocycles. The molecule has 10 heavy (non-hydrogen) atoms.